The summed E-state index contributed by atoms with van der Waals surface area (Å²) >= 11 is 0. The zero-order valence-electron chi connectivity index (χ0n) is 5.87. The molecular formula is C6H9N4O+. The summed E-state index contributed by atoms with van der Waals surface area (Å²) < 4.78 is 0. The van der Waals surface area contributed by atoms with Crippen LogP contribution in [0.5, 0.6) is 0 Å². The number of nitrogens with two attached hydrogens (primary N) is 1. The fourth-order valence-electron chi connectivity index (χ4n) is 1.19. The number of hydrazine groups is 1. The Balaban J connectivity index is 2.29. The minimum absolute atomic E-state index is 0.0376. The second kappa shape index (κ2) is 2.08. The van der Waals surface area contributed by atoms with Gasteiger partial charge in [0.2, 0.25) is 0 Å². The monoisotopic (exact) mass is 153 g/mol. The van der Waals surface area contributed by atoms with Crippen LogP contribution in [0.3, 0.4) is 0 Å². The number of nitrogens with zero attached hydrogens (tertiary/aromatic N) is 1. The lowest BCUT2D eigenvalue weighted by Crippen LogP contribution is -3.09. The van der Waals surface area contributed by atoms with E-state index in [-0.39, 0.29) is 6.03 Å². The van der Waals surface area contributed by atoms with E-state index in [1.165, 1.54) is 5.01 Å². The largest absolute Gasteiger partial charge is 0.428 e. The zero-order chi connectivity index (χ0) is 7.84. The Hall–Kier alpha value is -1.33. The highest BCUT2D eigenvalue weighted by molar-refractivity contribution is 5.69. The third-order valence-electron chi connectivity index (χ3n) is 1.75. The van der Waals surface area contributed by atoms with Gasteiger partial charge >= 0.3 is 6.03 Å². The molecule has 2 aliphatic heterocycles. The lowest BCUT2D eigenvalue weighted by molar-refractivity contribution is -0.711. The summed E-state index contributed by atoms with van der Waals surface area (Å²) in [6.07, 6.45) is 5.11. The highest BCUT2D eigenvalue weighted by Crippen LogP contribution is 1.95. The van der Waals surface area contributed by atoms with Crippen LogP contribution in [0.2, 0.25) is 0 Å². The van der Waals surface area contributed by atoms with Crippen LogP contribution in [0.1, 0.15) is 0 Å². The number of fused-ring (bicyclic) bond motifs is 1. The molecule has 1 unspecified atom stereocenters. The van der Waals surface area contributed by atoms with E-state index < -0.39 is 0 Å². The number of hydrogen-bond acceptors (Lipinski definition) is 3. The van der Waals surface area contributed by atoms with Gasteiger partial charge in [0.25, 0.3) is 0 Å². The lowest BCUT2D eigenvalue weighted by Gasteiger charge is -2.19. The van der Waals surface area contributed by atoms with Crippen molar-refractivity contribution < 1.29 is 9.69 Å². The first-order valence-electron chi connectivity index (χ1n) is 3.34. The molecule has 11 heavy (non-hydrogen) atoms. The summed E-state index contributed by atoms with van der Waals surface area (Å²) in [7, 11) is 0. The van der Waals surface area contributed by atoms with Crippen LogP contribution in [0.15, 0.2) is 24.3 Å². The van der Waals surface area contributed by atoms with Gasteiger partial charge in [-0.15, -0.1) is 0 Å². The van der Waals surface area contributed by atoms with Crippen molar-refractivity contribution in [2.45, 2.75) is 0 Å². The van der Waals surface area contributed by atoms with Crippen molar-refractivity contribution in [3.8, 4) is 0 Å². The molecule has 2 heterocycles. The number of quaternary nitrogens is 1. The number of hydrogen-bond donors (Lipinski definition) is 3. The van der Waals surface area contributed by atoms with E-state index in [1.807, 2.05) is 0 Å². The highest BCUT2D eigenvalue weighted by Gasteiger charge is 2.31. The molecular weight excluding hydrogens is 144 g/mol. The van der Waals surface area contributed by atoms with Gasteiger partial charge < -0.3 is 5.01 Å². The zero-order valence-corrected chi connectivity index (χ0v) is 5.87. The van der Waals surface area contributed by atoms with Gasteiger partial charge in [0.05, 0.1) is 12.4 Å². The molecule has 2 rings (SSSR count). The number of amides is 2. The van der Waals surface area contributed by atoms with E-state index >= 15 is 0 Å². The maximum Gasteiger partial charge on any atom is 0.428 e. The summed E-state index contributed by atoms with van der Waals surface area (Å²) in [5, 5.41) is 4.15. The van der Waals surface area contributed by atoms with Gasteiger partial charge in [-0.25, -0.2) is 10.6 Å². The SMILES string of the molecule is NN1C=C[NH+]2C(=O)NC=C2C1. The molecule has 5 nitrogen and oxygen atoms in total. The lowest BCUT2D eigenvalue weighted by atomic mass is 10.4. The second-order valence-corrected chi connectivity index (χ2v) is 2.54. The number of nitrogens with one attached hydrogen (secondary N) is 2. The number of carbonyl (C=O) groups excluding carboxylic acids is 1. The average molecular weight is 153 g/mol. The first kappa shape index (κ1) is 6.38. The Kier molecular flexibility index (Phi) is 1.21. The number of urea groups is 1. The Labute approximate surface area is 63.7 Å². The van der Waals surface area contributed by atoms with Crippen molar-refractivity contribution in [2.75, 3.05) is 6.54 Å². The van der Waals surface area contributed by atoms with E-state index in [0.717, 1.165) is 10.6 Å². The van der Waals surface area contributed by atoms with E-state index in [1.54, 1.807) is 18.6 Å². The third kappa shape index (κ3) is 0.903. The second-order valence-electron chi connectivity index (χ2n) is 2.54. The Morgan fingerprint density at radius 3 is 3.36 bits per heavy atom. The Morgan fingerprint density at radius 2 is 2.55 bits per heavy atom. The molecule has 0 bridgehead atoms. The number of rotatable bonds is 0. The highest BCUT2D eigenvalue weighted by atomic mass is 16.2. The van der Waals surface area contributed by atoms with Crippen molar-refractivity contribution in [1.29, 1.82) is 0 Å². The smallest absolute Gasteiger partial charge is 0.303 e. The maximum absolute atomic E-state index is 11.0. The van der Waals surface area contributed by atoms with Gasteiger partial charge in [-0.2, -0.15) is 4.90 Å². The molecule has 0 aromatic carbocycles. The van der Waals surface area contributed by atoms with Crippen LogP contribution in [0, 0.1) is 0 Å². The molecule has 0 radical (unpaired) electrons. The van der Waals surface area contributed by atoms with E-state index in [9.17, 15) is 4.79 Å². The molecule has 0 aliphatic carbocycles. The topological polar surface area (TPSA) is 62.8 Å². The van der Waals surface area contributed by atoms with Gasteiger partial charge in [-0.05, 0) is 0 Å². The van der Waals surface area contributed by atoms with E-state index in [4.69, 9.17) is 5.84 Å². The fourth-order valence-corrected chi connectivity index (χ4v) is 1.19. The molecule has 0 aromatic heterocycles. The van der Waals surface area contributed by atoms with E-state index in [2.05, 4.69) is 5.32 Å². The van der Waals surface area contributed by atoms with Gasteiger partial charge in [0.15, 0.2) is 5.70 Å². The minimum Gasteiger partial charge on any atom is -0.303 e. The fraction of sp³-hybridized carbons (Fsp3) is 0.167. The summed E-state index contributed by atoms with van der Waals surface area (Å²) in [4.78, 5) is 11.7. The number of carbonyl (C=O) groups is 1. The van der Waals surface area contributed by atoms with Crippen LogP contribution < -0.4 is 16.1 Å². The molecule has 58 valence electrons. The molecule has 4 N–H and O–H groups in total. The van der Waals surface area contributed by atoms with Crippen molar-refractivity contribution in [3.05, 3.63) is 24.3 Å². The predicted molar refractivity (Wildman–Crippen MR) is 37.6 cm³/mol. The van der Waals surface area contributed by atoms with Crippen molar-refractivity contribution in [1.82, 2.24) is 10.3 Å². The third-order valence-corrected chi connectivity index (χ3v) is 1.75. The normalized spacial score (nSPS) is 28.1. The summed E-state index contributed by atoms with van der Waals surface area (Å²) in [6, 6.07) is -0.0376. The minimum atomic E-state index is -0.0376. The average Bonchev–Trinajstić information content (AvgIpc) is 2.32. The van der Waals surface area contributed by atoms with Gasteiger partial charge in [-0.3, -0.25) is 5.32 Å². The first-order chi connectivity index (χ1) is 5.27. The van der Waals surface area contributed by atoms with Crippen LogP contribution in [0.25, 0.3) is 0 Å². The summed E-state index contributed by atoms with van der Waals surface area (Å²) in [5.74, 6) is 5.49. The van der Waals surface area contributed by atoms with Gasteiger partial charge in [0.1, 0.15) is 12.7 Å². The van der Waals surface area contributed by atoms with Gasteiger partial charge in [0, 0.05) is 0 Å². The molecule has 0 fully saturated rings. The predicted octanol–water partition coefficient (Wildman–Crippen LogP) is -1.90. The molecule has 0 spiro atoms. The van der Waals surface area contributed by atoms with Gasteiger partial charge in [-0.1, -0.05) is 0 Å². The Morgan fingerprint density at radius 1 is 1.73 bits per heavy atom. The molecule has 0 saturated heterocycles. The van der Waals surface area contributed by atoms with Crippen LogP contribution in [-0.2, 0) is 0 Å². The van der Waals surface area contributed by atoms with Crippen molar-refractivity contribution >= 4 is 6.03 Å². The first-order valence-corrected chi connectivity index (χ1v) is 3.34. The molecule has 5 heteroatoms. The van der Waals surface area contributed by atoms with Crippen molar-refractivity contribution in [3.63, 3.8) is 0 Å². The van der Waals surface area contributed by atoms with Crippen LogP contribution in [0.4, 0.5) is 4.79 Å². The molecule has 2 amide bonds. The van der Waals surface area contributed by atoms with E-state index in [0.29, 0.717) is 6.54 Å². The van der Waals surface area contributed by atoms with Crippen LogP contribution >= 0.6 is 0 Å². The standard InChI is InChI=1S/C6H8N4O/c7-9-1-2-10-5(4-9)3-8-6(10)11/h1-3H,4,7H2,(H,8,11)/p+1. The molecule has 2 aliphatic rings. The molecule has 1 atom stereocenters. The summed E-state index contributed by atoms with van der Waals surface area (Å²) in [5.41, 5.74) is 0.958. The Bertz CT molecular complexity index is 257. The molecule has 0 aromatic rings. The maximum atomic E-state index is 11.0. The quantitative estimate of drug-likeness (QED) is 0.356. The van der Waals surface area contributed by atoms with Crippen molar-refractivity contribution in [2.24, 2.45) is 5.84 Å². The van der Waals surface area contributed by atoms with Crippen LogP contribution in [-0.4, -0.2) is 17.6 Å². The summed E-state index contributed by atoms with van der Waals surface area (Å²) in [6.45, 7) is 0.602. The molecule has 0 saturated carbocycles.